The molecule has 0 bridgehead atoms. The van der Waals surface area contributed by atoms with Gasteiger partial charge in [0.05, 0.1) is 5.69 Å². The number of carboxylic acids is 1. The summed E-state index contributed by atoms with van der Waals surface area (Å²) in [4.78, 5) is 27.3. The zero-order valence-corrected chi connectivity index (χ0v) is 18.9. The van der Waals surface area contributed by atoms with E-state index < -0.39 is 5.97 Å². The molecule has 0 fully saturated rings. The number of rotatable bonds is 12. The topological polar surface area (TPSA) is 142 Å². The van der Waals surface area contributed by atoms with Crippen LogP contribution >= 0.6 is 0 Å². The highest BCUT2D eigenvalue weighted by molar-refractivity contribution is 5.84. The Morgan fingerprint density at radius 2 is 2.15 bits per heavy atom. The Morgan fingerprint density at radius 1 is 1.29 bits per heavy atom. The predicted molar refractivity (Wildman–Crippen MR) is 119 cm³/mol. The molecule has 2 heterocycles. The van der Waals surface area contributed by atoms with Gasteiger partial charge in [0.1, 0.15) is 18.6 Å². The van der Waals surface area contributed by atoms with Crippen molar-refractivity contribution in [3.05, 3.63) is 59.1 Å². The lowest BCUT2D eigenvalue weighted by atomic mass is 10.1. The van der Waals surface area contributed by atoms with Crippen LogP contribution in [0, 0.1) is 0 Å². The summed E-state index contributed by atoms with van der Waals surface area (Å²) >= 11 is 0. The van der Waals surface area contributed by atoms with E-state index in [1.165, 1.54) is 15.8 Å². The fourth-order valence-corrected chi connectivity index (χ4v) is 3.92. The number of oxazole rings is 1. The molecule has 11 heteroatoms. The normalized spacial score (nSPS) is 13.4. The molecule has 1 amide bonds. The molecule has 2 N–H and O–H groups in total. The summed E-state index contributed by atoms with van der Waals surface area (Å²) in [5, 5.41) is 20.1. The number of carbonyl (C=O) groups is 2. The standard InChI is InChI=1S/C23H27N5O6/c1-32-8-7-17(24-21(29)14-33-19-6-5-15-3-2-4-16(15)9-19)10-18-11-28(27-26-18)12-22-25-20(13-34-22)23(30)31/h5-6,9,11,13,17H,2-4,7-8,10,12,14H2,1H3,(H,24,29)(H,30,31). The lowest BCUT2D eigenvalue weighted by molar-refractivity contribution is -0.123. The van der Waals surface area contributed by atoms with E-state index in [1.807, 2.05) is 12.1 Å². The van der Waals surface area contributed by atoms with E-state index in [2.05, 4.69) is 26.7 Å². The van der Waals surface area contributed by atoms with E-state index in [0.717, 1.165) is 25.5 Å². The number of hydrogen-bond donors (Lipinski definition) is 2. The van der Waals surface area contributed by atoms with Crippen LogP contribution in [-0.2, 0) is 35.3 Å². The Morgan fingerprint density at radius 3 is 2.94 bits per heavy atom. The Kier molecular flexibility index (Phi) is 7.53. The van der Waals surface area contributed by atoms with Gasteiger partial charge in [-0.1, -0.05) is 11.3 Å². The average molecular weight is 469 g/mol. The molecule has 1 aliphatic carbocycles. The molecule has 2 aromatic heterocycles. The number of carbonyl (C=O) groups excluding carboxylic acids is 1. The maximum atomic E-state index is 12.5. The number of methoxy groups -OCH3 is 1. The number of aromatic nitrogens is 4. The smallest absolute Gasteiger partial charge is 0.357 e. The van der Waals surface area contributed by atoms with Crippen LogP contribution < -0.4 is 10.1 Å². The van der Waals surface area contributed by atoms with E-state index in [-0.39, 0.29) is 36.7 Å². The van der Waals surface area contributed by atoms with Crippen molar-refractivity contribution in [3.63, 3.8) is 0 Å². The van der Waals surface area contributed by atoms with Crippen molar-refractivity contribution in [3.8, 4) is 5.75 Å². The van der Waals surface area contributed by atoms with Gasteiger partial charge in [-0.3, -0.25) is 4.79 Å². The molecule has 3 aromatic rings. The van der Waals surface area contributed by atoms with E-state index in [0.29, 0.717) is 30.9 Å². The monoisotopic (exact) mass is 469 g/mol. The summed E-state index contributed by atoms with van der Waals surface area (Å²) in [6, 6.07) is 5.78. The van der Waals surface area contributed by atoms with E-state index in [1.54, 1.807) is 13.3 Å². The maximum absolute atomic E-state index is 12.5. The lowest BCUT2D eigenvalue weighted by Gasteiger charge is -2.17. The quantitative estimate of drug-likeness (QED) is 0.405. The fourth-order valence-electron chi connectivity index (χ4n) is 3.92. The van der Waals surface area contributed by atoms with Crippen molar-refractivity contribution < 1.29 is 28.6 Å². The Hall–Kier alpha value is -3.73. The van der Waals surface area contributed by atoms with Crippen LogP contribution in [0.15, 0.2) is 35.1 Å². The van der Waals surface area contributed by atoms with Crippen molar-refractivity contribution in [1.82, 2.24) is 25.3 Å². The second-order valence-corrected chi connectivity index (χ2v) is 8.16. The van der Waals surface area contributed by atoms with Crippen molar-refractivity contribution in [2.75, 3.05) is 20.3 Å². The van der Waals surface area contributed by atoms with E-state index in [9.17, 15) is 9.59 Å². The van der Waals surface area contributed by atoms with Crippen LogP contribution in [0.3, 0.4) is 0 Å². The number of carboxylic acid groups (broad SMARTS) is 1. The van der Waals surface area contributed by atoms with E-state index in [4.69, 9.17) is 19.0 Å². The van der Waals surface area contributed by atoms with Gasteiger partial charge in [-0.05, 0) is 48.9 Å². The molecule has 1 aromatic carbocycles. The second-order valence-electron chi connectivity index (χ2n) is 8.16. The third-order valence-electron chi connectivity index (χ3n) is 5.59. The largest absolute Gasteiger partial charge is 0.484 e. The summed E-state index contributed by atoms with van der Waals surface area (Å²) in [6.07, 6.45) is 7.13. The van der Waals surface area contributed by atoms with Gasteiger partial charge in [0, 0.05) is 32.4 Å². The van der Waals surface area contributed by atoms with Crippen LogP contribution in [0.5, 0.6) is 5.75 Å². The summed E-state index contributed by atoms with van der Waals surface area (Å²) in [7, 11) is 1.61. The molecule has 0 saturated carbocycles. The minimum Gasteiger partial charge on any atom is -0.484 e. The van der Waals surface area contributed by atoms with Gasteiger partial charge >= 0.3 is 5.97 Å². The molecule has 1 unspecified atom stereocenters. The van der Waals surface area contributed by atoms with Crippen LogP contribution in [-0.4, -0.2) is 63.3 Å². The van der Waals surface area contributed by atoms with Crippen molar-refractivity contribution in [2.45, 2.75) is 44.7 Å². The number of nitrogens with zero attached hydrogens (tertiary/aromatic N) is 4. The van der Waals surface area contributed by atoms with Crippen molar-refractivity contribution >= 4 is 11.9 Å². The third kappa shape index (κ3) is 6.19. The van der Waals surface area contributed by atoms with Gasteiger partial charge in [0.2, 0.25) is 5.89 Å². The summed E-state index contributed by atoms with van der Waals surface area (Å²) < 4.78 is 17.5. The number of fused-ring (bicyclic) bond motifs is 1. The molecule has 4 rings (SSSR count). The second kappa shape index (κ2) is 10.9. The summed E-state index contributed by atoms with van der Waals surface area (Å²) in [5.41, 5.74) is 3.14. The lowest BCUT2D eigenvalue weighted by Crippen LogP contribution is -2.40. The minimum absolute atomic E-state index is 0.0783. The summed E-state index contributed by atoms with van der Waals surface area (Å²) in [6.45, 7) is 0.536. The molecule has 11 nitrogen and oxygen atoms in total. The first-order valence-electron chi connectivity index (χ1n) is 11.1. The van der Waals surface area contributed by atoms with Gasteiger partial charge in [0.25, 0.3) is 5.91 Å². The molecule has 34 heavy (non-hydrogen) atoms. The molecular weight excluding hydrogens is 442 g/mol. The first kappa shape index (κ1) is 23.4. The highest BCUT2D eigenvalue weighted by atomic mass is 16.5. The highest BCUT2D eigenvalue weighted by Gasteiger charge is 2.17. The maximum Gasteiger partial charge on any atom is 0.357 e. The molecule has 0 spiro atoms. The van der Waals surface area contributed by atoms with Crippen LogP contribution in [0.25, 0.3) is 0 Å². The number of amides is 1. The molecule has 180 valence electrons. The van der Waals surface area contributed by atoms with Crippen LogP contribution in [0.1, 0.15) is 46.0 Å². The average Bonchev–Trinajstić information content (AvgIpc) is 3.57. The molecule has 1 aliphatic rings. The zero-order chi connectivity index (χ0) is 23.9. The van der Waals surface area contributed by atoms with Crippen molar-refractivity contribution in [2.24, 2.45) is 0 Å². The Labute approximate surface area is 196 Å². The summed E-state index contributed by atoms with van der Waals surface area (Å²) in [5.74, 6) is -0.479. The number of hydrogen-bond acceptors (Lipinski definition) is 8. The van der Waals surface area contributed by atoms with Gasteiger partial charge in [-0.15, -0.1) is 5.10 Å². The fraction of sp³-hybridized carbons (Fsp3) is 0.435. The van der Waals surface area contributed by atoms with Gasteiger partial charge in [-0.25, -0.2) is 14.5 Å². The Balaban J connectivity index is 1.30. The van der Waals surface area contributed by atoms with Crippen LogP contribution in [0.2, 0.25) is 0 Å². The predicted octanol–water partition coefficient (Wildman–Crippen LogP) is 1.64. The van der Waals surface area contributed by atoms with Crippen molar-refractivity contribution in [1.29, 1.82) is 0 Å². The van der Waals surface area contributed by atoms with Crippen LogP contribution in [0.4, 0.5) is 0 Å². The van der Waals surface area contributed by atoms with E-state index >= 15 is 0 Å². The van der Waals surface area contributed by atoms with Gasteiger partial charge in [0.15, 0.2) is 12.3 Å². The Bertz CT molecular complexity index is 1140. The molecule has 1 atom stereocenters. The number of ether oxygens (including phenoxy) is 2. The first-order valence-corrected chi connectivity index (χ1v) is 11.1. The SMILES string of the molecule is COCCC(Cc1cn(Cc2nc(C(=O)O)co2)nn1)NC(=O)COc1ccc2c(c1)CCC2. The first-order chi connectivity index (χ1) is 16.5. The number of aromatic carboxylic acids is 1. The molecule has 0 aliphatic heterocycles. The number of nitrogens with one attached hydrogen (secondary N) is 1. The van der Waals surface area contributed by atoms with Gasteiger partial charge < -0.3 is 24.3 Å². The molecular formula is C23H27N5O6. The molecule has 0 saturated heterocycles. The molecule has 0 radical (unpaired) electrons. The number of benzene rings is 1. The van der Waals surface area contributed by atoms with Gasteiger partial charge in [-0.2, -0.15) is 0 Å². The zero-order valence-electron chi connectivity index (χ0n) is 18.9. The highest BCUT2D eigenvalue weighted by Crippen LogP contribution is 2.25. The minimum atomic E-state index is -1.16. The third-order valence-corrected chi connectivity index (χ3v) is 5.59. The number of aryl methyl sites for hydroxylation is 2.